The molecule has 0 atom stereocenters. The van der Waals surface area contributed by atoms with Gasteiger partial charge in [-0.15, -0.1) is 0 Å². The number of anilines is 1. The highest BCUT2D eigenvalue weighted by Gasteiger charge is 1.99. The van der Waals surface area contributed by atoms with Gasteiger partial charge >= 0.3 is 0 Å². The van der Waals surface area contributed by atoms with E-state index in [1.165, 1.54) is 6.08 Å². The minimum Gasteiger partial charge on any atom is -0.489 e. The standard InChI is InChI=1S/C22H18ClNO2/c23-19-10-12-20(13-11-19)24-22(25)14-9-17-7-4-8-21(15-17)26-16-18-5-2-1-3-6-18/h1-15H,16H2,(H,24,25)/b14-9+. The summed E-state index contributed by atoms with van der Waals surface area (Å²) in [6.45, 7) is 0.505. The molecule has 0 heterocycles. The number of carbonyl (C=O) groups is 1. The Balaban J connectivity index is 1.58. The maximum absolute atomic E-state index is 12.0. The van der Waals surface area contributed by atoms with Crippen LogP contribution in [0.5, 0.6) is 5.75 Å². The van der Waals surface area contributed by atoms with Crippen molar-refractivity contribution < 1.29 is 9.53 Å². The lowest BCUT2D eigenvalue weighted by atomic mass is 10.2. The van der Waals surface area contributed by atoms with Gasteiger partial charge in [-0.2, -0.15) is 0 Å². The van der Waals surface area contributed by atoms with Crippen LogP contribution in [0, 0.1) is 0 Å². The average molecular weight is 364 g/mol. The first-order chi connectivity index (χ1) is 12.7. The molecule has 3 rings (SSSR count). The molecule has 1 amide bonds. The van der Waals surface area contributed by atoms with Crippen LogP contribution in [0.25, 0.3) is 6.08 Å². The Bertz CT molecular complexity index is 890. The fourth-order valence-corrected chi connectivity index (χ4v) is 2.46. The molecule has 26 heavy (non-hydrogen) atoms. The lowest BCUT2D eigenvalue weighted by molar-refractivity contribution is -0.111. The van der Waals surface area contributed by atoms with Crippen LogP contribution >= 0.6 is 11.6 Å². The number of hydrogen-bond donors (Lipinski definition) is 1. The summed E-state index contributed by atoms with van der Waals surface area (Å²) in [7, 11) is 0. The van der Waals surface area contributed by atoms with E-state index >= 15 is 0 Å². The zero-order valence-electron chi connectivity index (χ0n) is 14.1. The van der Waals surface area contributed by atoms with Crippen molar-refractivity contribution in [1.82, 2.24) is 0 Å². The summed E-state index contributed by atoms with van der Waals surface area (Å²) >= 11 is 5.83. The monoisotopic (exact) mass is 363 g/mol. The molecule has 0 saturated heterocycles. The van der Waals surface area contributed by atoms with Crippen molar-refractivity contribution in [2.24, 2.45) is 0 Å². The van der Waals surface area contributed by atoms with Crippen LogP contribution in [0.4, 0.5) is 5.69 Å². The zero-order chi connectivity index (χ0) is 18.2. The van der Waals surface area contributed by atoms with Crippen molar-refractivity contribution in [3.05, 3.63) is 101 Å². The molecule has 3 nitrogen and oxygen atoms in total. The molecule has 0 spiro atoms. The predicted octanol–water partition coefficient (Wildman–Crippen LogP) is 5.57. The fraction of sp³-hybridized carbons (Fsp3) is 0.0455. The summed E-state index contributed by atoms with van der Waals surface area (Å²) in [5.41, 5.74) is 2.70. The van der Waals surface area contributed by atoms with Crippen LogP contribution in [0.3, 0.4) is 0 Å². The first kappa shape index (κ1) is 17.8. The molecule has 0 bridgehead atoms. The van der Waals surface area contributed by atoms with Crippen LogP contribution < -0.4 is 10.1 Å². The van der Waals surface area contributed by atoms with E-state index in [0.717, 1.165) is 16.9 Å². The van der Waals surface area contributed by atoms with Gasteiger partial charge in [0.15, 0.2) is 0 Å². The average Bonchev–Trinajstić information content (AvgIpc) is 2.68. The molecule has 1 N–H and O–H groups in total. The number of hydrogen-bond acceptors (Lipinski definition) is 2. The van der Waals surface area contributed by atoms with Gasteiger partial charge in [-0.1, -0.05) is 54.1 Å². The van der Waals surface area contributed by atoms with Gasteiger partial charge in [0, 0.05) is 16.8 Å². The Labute approximate surface area is 157 Å². The molecular weight excluding hydrogens is 346 g/mol. The lowest BCUT2D eigenvalue weighted by Crippen LogP contribution is -2.07. The largest absolute Gasteiger partial charge is 0.489 e. The van der Waals surface area contributed by atoms with Gasteiger partial charge in [-0.3, -0.25) is 4.79 Å². The molecule has 0 unspecified atom stereocenters. The minimum atomic E-state index is -0.206. The second-order valence-corrected chi connectivity index (χ2v) is 6.11. The van der Waals surface area contributed by atoms with E-state index in [2.05, 4.69) is 5.32 Å². The molecule has 3 aromatic rings. The van der Waals surface area contributed by atoms with Gasteiger partial charge in [0.2, 0.25) is 5.91 Å². The van der Waals surface area contributed by atoms with Crippen LogP contribution in [-0.4, -0.2) is 5.91 Å². The summed E-state index contributed by atoms with van der Waals surface area (Å²) < 4.78 is 5.80. The quantitative estimate of drug-likeness (QED) is 0.581. The van der Waals surface area contributed by atoms with Crippen molar-refractivity contribution >= 4 is 29.3 Å². The predicted molar refractivity (Wildman–Crippen MR) is 106 cm³/mol. The Morgan fingerprint density at radius 3 is 2.50 bits per heavy atom. The Hall–Kier alpha value is -3.04. The maximum Gasteiger partial charge on any atom is 0.248 e. The number of ether oxygens (including phenoxy) is 1. The third-order valence-corrected chi connectivity index (χ3v) is 3.90. The molecule has 0 aliphatic rings. The molecule has 0 aromatic heterocycles. The van der Waals surface area contributed by atoms with Crippen LogP contribution in [0.2, 0.25) is 5.02 Å². The molecule has 0 aliphatic heterocycles. The van der Waals surface area contributed by atoms with E-state index in [1.807, 2.05) is 54.6 Å². The second kappa shape index (κ2) is 8.88. The smallest absolute Gasteiger partial charge is 0.248 e. The van der Waals surface area contributed by atoms with Crippen molar-refractivity contribution in [2.45, 2.75) is 6.61 Å². The van der Waals surface area contributed by atoms with Crippen molar-refractivity contribution in [2.75, 3.05) is 5.32 Å². The van der Waals surface area contributed by atoms with Crippen molar-refractivity contribution in [1.29, 1.82) is 0 Å². The number of nitrogens with one attached hydrogen (secondary N) is 1. The second-order valence-electron chi connectivity index (χ2n) is 5.68. The molecule has 0 saturated carbocycles. The Morgan fingerprint density at radius 1 is 0.962 bits per heavy atom. The maximum atomic E-state index is 12.0. The zero-order valence-corrected chi connectivity index (χ0v) is 14.8. The Kier molecular flexibility index (Phi) is 6.07. The molecule has 130 valence electrons. The fourth-order valence-electron chi connectivity index (χ4n) is 2.34. The first-order valence-electron chi connectivity index (χ1n) is 8.20. The van der Waals surface area contributed by atoms with Gasteiger partial charge in [0.1, 0.15) is 12.4 Å². The SMILES string of the molecule is O=C(/C=C/c1cccc(OCc2ccccc2)c1)Nc1ccc(Cl)cc1. The van der Waals surface area contributed by atoms with E-state index in [-0.39, 0.29) is 5.91 Å². The molecular formula is C22H18ClNO2. The molecule has 0 fully saturated rings. The Morgan fingerprint density at radius 2 is 1.73 bits per heavy atom. The van der Waals surface area contributed by atoms with Gasteiger partial charge in [-0.05, 0) is 53.6 Å². The van der Waals surface area contributed by atoms with E-state index in [1.54, 1.807) is 30.3 Å². The summed E-state index contributed by atoms with van der Waals surface area (Å²) in [6.07, 6.45) is 3.24. The number of halogens is 1. The van der Waals surface area contributed by atoms with Crippen molar-refractivity contribution in [3.63, 3.8) is 0 Å². The molecule has 3 aromatic carbocycles. The number of benzene rings is 3. The summed E-state index contributed by atoms with van der Waals surface area (Å²) in [6, 6.07) is 24.6. The van der Waals surface area contributed by atoms with Gasteiger partial charge < -0.3 is 10.1 Å². The highest BCUT2D eigenvalue weighted by molar-refractivity contribution is 6.30. The molecule has 0 aliphatic carbocycles. The number of amides is 1. The number of rotatable bonds is 6. The summed E-state index contributed by atoms with van der Waals surface area (Å²) in [5.74, 6) is 0.553. The highest BCUT2D eigenvalue weighted by atomic mass is 35.5. The van der Waals surface area contributed by atoms with Crippen LogP contribution in [0.1, 0.15) is 11.1 Å². The minimum absolute atomic E-state index is 0.206. The molecule has 0 radical (unpaired) electrons. The highest BCUT2D eigenvalue weighted by Crippen LogP contribution is 2.17. The van der Waals surface area contributed by atoms with Crippen LogP contribution in [-0.2, 0) is 11.4 Å². The topological polar surface area (TPSA) is 38.3 Å². The normalized spacial score (nSPS) is 10.7. The third-order valence-electron chi connectivity index (χ3n) is 3.65. The van der Waals surface area contributed by atoms with Crippen LogP contribution in [0.15, 0.2) is 84.9 Å². The lowest BCUT2D eigenvalue weighted by Gasteiger charge is -2.07. The van der Waals surface area contributed by atoms with E-state index in [0.29, 0.717) is 17.3 Å². The number of carbonyl (C=O) groups excluding carboxylic acids is 1. The van der Waals surface area contributed by atoms with E-state index in [9.17, 15) is 4.79 Å². The van der Waals surface area contributed by atoms with Gasteiger partial charge in [0.25, 0.3) is 0 Å². The van der Waals surface area contributed by atoms with E-state index in [4.69, 9.17) is 16.3 Å². The summed E-state index contributed by atoms with van der Waals surface area (Å²) in [5, 5.41) is 3.42. The molecule has 4 heteroatoms. The summed E-state index contributed by atoms with van der Waals surface area (Å²) in [4.78, 5) is 12.0. The van der Waals surface area contributed by atoms with Crippen molar-refractivity contribution in [3.8, 4) is 5.75 Å². The third kappa shape index (κ3) is 5.50. The van der Waals surface area contributed by atoms with Gasteiger partial charge in [-0.25, -0.2) is 0 Å². The first-order valence-corrected chi connectivity index (χ1v) is 8.58. The van der Waals surface area contributed by atoms with E-state index < -0.39 is 0 Å². The van der Waals surface area contributed by atoms with Gasteiger partial charge in [0.05, 0.1) is 0 Å².